The molecule has 0 aromatic heterocycles. The van der Waals surface area contributed by atoms with E-state index in [4.69, 9.17) is 4.74 Å². The van der Waals surface area contributed by atoms with Crippen LogP contribution in [0.2, 0.25) is 0 Å². The summed E-state index contributed by atoms with van der Waals surface area (Å²) in [7, 11) is 1.69. The van der Waals surface area contributed by atoms with Gasteiger partial charge in [-0.2, -0.15) is 0 Å². The molecule has 3 amide bonds. The van der Waals surface area contributed by atoms with Crippen molar-refractivity contribution in [1.29, 1.82) is 0 Å². The Hall–Kier alpha value is -3.35. The molecule has 0 spiro atoms. The van der Waals surface area contributed by atoms with Crippen LogP contribution in [-0.2, 0) is 14.3 Å². The van der Waals surface area contributed by atoms with Gasteiger partial charge in [0.05, 0.1) is 5.69 Å². The number of fused-ring (bicyclic) bond motifs is 3. The first-order chi connectivity index (χ1) is 15.1. The molecule has 0 saturated heterocycles. The highest BCUT2D eigenvalue weighted by Gasteiger charge is 2.34. The summed E-state index contributed by atoms with van der Waals surface area (Å²) >= 11 is 0. The minimum atomic E-state index is -1.06. The second-order valence-electron chi connectivity index (χ2n) is 9.23. The SMILES string of the molecule is C[C@H](OC(=O)NCCC(C)(C)C)C(=O)N[C@@H]1C(=O)N(C)c2ccccc2-c2ccccc21. The van der Waals surface area contributed by atoms with Gasteiger partial charge in [0.1, 0.15) is 6.04 Å². The number of anilines is 1. The zero-order valence-corrected chi connectivity index (χ0v) is 19.3. The average molecular weight is 438 g/mol. The zero-order valence-electron chi connectivity index (χ0n) is 19.3. The number of amides is 3. The summed E-state index contributed by atoms with van der Waals surface area (Å²) in [5.41, 5.74) is 3.33. The van der Waals surface area contributed by atoms with E-state index < -0.39 is 24.1 Å². The number of likely N-dealkylation sites (N-methyl/N-ethyl adjacent to an activating group) is 1. The minimum Gasteiger partial charge on any atom is -0.436 e. The highest BCUT2D eigenvalue weighted by molar-refractivity contribution is 6.06. The Morgan fingerprint density at radius 1 is 1.06 bits per heavy atom. The Labute approximate surface area is 189 Å². The normalized spacial score (nSPS) is 16.3. The molecule has 2 atom stereocenters. The lowest BCUT2D eigenvalue weighted by molar-refractivity contribution is -0.132. The van der Waals surface area contributed by atoms with E-state index in [1.807, 2.05) is 48.5 Å². The van der Waals surface area contributed by atoms with Gasteiger partial charge in [-0.1, -0.05) is 63.2 Å². The average Bonchev–Trinajstić information content (AvgIpc) is 2.83. The second-order valence-corrected chi connectivity index (χ2v) is 9.23. The lowest BCUT2D eigenvalue weighted by Gasteiger charge is -2.24. The lowest BCUT2D eigenvalue weighted by atomic mass is 9.92. The molecule has 0 saturated carbocycles. The number of nitrogens with zero attached hydrogens (tertiary/aromatic N) is 1. The molecule has 3 rings (SSSR count). The van der Waals surface area contributed by atoms with Crippen LogP contribution < -0.4 is 15.5 Å². The van der Waals surface area contributed by atoms with Crippen molar-refractivity contribution in [2.45, 2.75) is 46.3 Å². The van der Waals surface area contributed by atoms with Crippen molar-refractivity contribution in [1.82, 2.24) is 10.6 Å². The molecule has 1 heterocycles. The first kappa shape index (κ1) is 23.3. The monoisotopic (exact) mass is 437 g/mol. The molecule has 170 valence electrons. The summed E-state index contributed by atoms with van der Waals surface area (Å²) in [6.07, 6.45) is -0.933. The summed E-state index contributed by atoms with van der Waals surface area (Å²) in [6.45, 7) is 8.17. The van der Waals surface area contributed by atoms with Crippen LogP contribution in [0.4, 0.5) is 10.5 Å². The molecule has 0 aliphatic carbocycles. The second kappa shape index (κ2) is 9.42. The van der Waals surface area contributed by atoms with Crippen LogP contribution in [0.5, 0.6) is 0 Å². The number of hydrogen-bond donors (Lipinski definition) is 2. The fraction of sp³-hybridized carbons (Fsp3) is 0.400. The predicted molar refractivity (Wildman–Crippen MR) is 124 cm³/mol. The van der Waals surface area contributed by atoms with Crippen molar-refractivity contribution in [3.63, 3.8) is 0 Å². The maximum absolute atomic E-state index is 13.3. The summed E-state index contributed by atoms with van der Waals surface area (Å²) < 4.78 is 5.22. The molecule has 0 radical (unpaired) electrons. The number of rotatable bonds is 5. The van der Waals surface area contributed by atoms with Crippen molar-refractivity contribution in [3.8, 4) is 11.1 Å². The van der Waals surface area contributed by atoms with Gasteiger partial charge in [0.2, 0.25) is 0 Å². The van der Waals surface area contributed by atoms with E-state index in [-0.39, 0.29) is 11.3 Å². The predicted octanol–water partition coefficient (Wildman–Crippen LogP) is 4.04. The van der Waals surface area contributed by atoms with Crippen LogP contribution in [0.25, 0.3) is 11.1 Å². The van der Waals surface area contributed by atoms with E-state index in [1.165, 1.54) is 6.92 Å². The molecular weight excluding hydrogens is 406 g/mol. The molecule has 1 aliphatic rings. The number of para-hydroxylation sites is 1. The smallest absolute Gasteiger partial charge is 0.407 e. The number of carbonyl (C=O) groups excluding carboxylic acids is 3. The van der Waals surface area contributed by atoms with Crippen LogP contribution >= 0.6 is 0 Å². The Balaban J connectivity index is 1.74. The van der Waals surface area contributed by atoms with E-state index >= 15 is 0 Å². The maximum atomic E-state index is 13.3. The first-order valence-corrected chi connectivity index (χ1v) is 10.8. The fourth-order valence-corrected chi connectivity index (χ4v) is 3.63. The number of hydrogen-bond acceptors (Lipinski definition) is 4. The topological polar surface area (TPSA) is 87.7 Å². The van der Waals surface area contributed by atoms with Gasteiger partial charge in [0.15, 0.2) is 6.10 Å². The standard InChI is InChI=1S/C25H31N3O4/c1-16(32-24(31)26-15-14-25(2,3)4)22(29)27-21-19-12-7-6-10-17(19)18-11-8-9-13-20(18)28(5)23(21)30/h6-13,16,21H,14-15H2,1-5H3,(H,26,31)(H,27,29)/t16-,21-/m0/s1. The Kier molecular flexibility index (Phi) is 6.87. The molecule has 0 fully saturated rings. The number of nitrogens with one attached hydrogen (secondary N) is 2. The maximum Gasteiger partial charge on any atom is 0.407 e. The number of carbonyl (C=O) groups is 3. The Morgan fingerprint density at radius 3 is 2.38 bits per heavy atom. The summed E-state index contributed by atoms with van der Waals surface area (Å²) in [4.78, 5) is 39.7. The number of ether oxygens (including phenoxy) is 1. The molecule has 2 aromatic carbocycles. The van der Waals surface area contributed by atoms with Crippen molar-refractivity contribution >= 4 is 23.6 Å². The van der Waals surface area contributed by atoms with Gasteiger partial charge in [-0.05, 0) is 36.0 Å². The summed E-state index contributed by atoms with van der Waals surface area (Å²) in [6, 6.07) is 14.2. The molecule has 1 aliphatic heterocycles. The highest BCUT2D eigenvalue weighted by Crippen LogP contribution is 2.39. The molecule has 32 heavy (non-hydrogen) atoms. The van der Waals surface area contributed by atoms with E-state index in [0.717, 1.165) is 23.2 Å². The molecule has 7 nitrogen and oxygen atoms in total. The first-order valence-electron chi connectivity index (χ1n) is 10.8. The van der Waals surface area contributed by atoms with E-state index in [2.05, 4.69) is 31.4 Å². The van der Waals surface area contributed by atoms with Crippen LogP contribution in [0, 0.1) is 5.41 Å². The molecule has 0 bridgehead atoms. The Bertz CT molecular complexity index is 1010. The van der Waals surface area contributed by atoms with Crippen molar-refractivity contribution in [2.24, 2.45) is 5.41 Å². The zero-order chi connectivity index (χ0) is 23.5. The van der Waals surface area contributed by atoms with E-state index in [0.29, 0.717) is 12.1 Å². The van der Waals surface area contributed by atoms with E-state index in [1.54, 1.807) is 11.9 Å². The minimum absolute atomic E-state index is 0.0765. The van der Waals surface area contributed by atoms with Gasteiger partial charge in [-0.15, -0.1) is 0 Å². The molecule has 2 N–H and O–H groups in total. The van der Waals surface area contributed by atoms with Crippen molar-refractivity contribution in [3.05, 3.63) is 54.1 Å². The fourth-order valence-electron chi connectivity index (χ4n) is 3.63. The van der Waals surface area contributed by atoms with Crippen LogP contribution in [0.3, 0.4) is 0 Å². The van der Waals surface area contributed by atoms with Gasteiger partial charge in [-0.25, -0.2) is 4.79 Å². The molecule has 0 unspecified atom stereocenters. The third-order valence-corrected chi connectivity index (χ3v) is 5.49. The van der Waals surface area contributed by atoms with Crippen molar-refractivity contribution < 1.29 is 19.1 Å². The van der Waals surface area contributed by atoms with Crippen molar-refractivity contribution in [2.75, 3.05) is 18.5 Å². The van der Waals surface area contributed by atoms with Gasteiger partial charge >= 0.3 is 6.09 Å². The molecule has 2 aromatic rings. The van der Waals surface area contributed by atoms with Gasteiger partial charge in [-0.3, -0.25) is 9.59 Å². The van der Waals surface area contributed by atoms with Crippen LogP contribution in [0.15, 0.2) is 48.5 Å². The molecule has 7 heteroatoms. The third-order valence-electron chi connectivity index (χ3n) is 5.49. The van der Waals surface area contributed by atoms with Crippen LogP contribution in [-0.4, -0.2) is 37.6 Å². The van der Waals surface area contributed by atoms with Gasteiger partial charge < -0.3 is 20.3 Å². The van der Waals surface area contributed by atoms with Gasteiger partial charge in [0.25, 0.3) is 11.8 Å². The number of alkyl carbamates (subject to hydrolysis) is 1. The summed E-state index contributed by atoms with van der Waals surface area (Å²) in [5, 5.41) is 5.45. The summed E-state index contributed by atoms with van der Waals surface area (Å²) in [5.74, 6) is -0.805. The van der Waals surface area contributed by atoms with E-state index in [9.17, 15) is 14.4 Å². The van der Waals surface area contributed by atoms with Crippen LogP contribution in [0.1, 0.15) is 45.7 Å². The highest BCUT2D eigenvalue weighted by atomic mass is 16.6. The van der Waals surface area contributed by atoms with Gasteiger partial charge in [0, 0.05) is 19.2 Å². The quantitative estimate of drug-likeness (QED) is 0.739. The molecular formula is C25H31N3O4. The third kappa shape index (κ3) is 5.28. The number of benzene rings is 2. The lowest BCUT2D eigenvalue weighted by Crippen LogP contribution is -2.45. The largest absolute Gasteiger partial charge is 0.436 e. The Morgan fingerprint density at radius 2 is 1.69 bits per heavy atom.